The molecular weight excluding hydrogens is 471 g/mol. The van der Waals surface area contributed by atoms with Crippen LogP contribution in [0.1, 0.15) is 52.2 Å². The highest BCUT2D eigenvalue weighted by atomic mass is 19.1. The zero-order valence-corrected chi connectivity index (χ0v) is 21.1. The molecule has 9 heteroatoms. The third kappa shape index (κ3) is 5.46. The van der Waals surface area contributed by atoms with Crippen molar-refractivity contribution >= 4 is 23.5 Å². The number of nitrogens with zero attached hydrogens (tertiary/aromatic N) is 5. The molecule has 2 aliphatic rings. The molecule has 1 radical (unpaired) electrons. The van der Waals surface area contributed by atoms with Gasteiger partial charge in [-0.05, 0) is 86.2 Å². The van der Waals surface area contributed by atoms with Crippen LogP contribution in [-0.2, 0) is 0 Å². The number of fused-ring (bicyclic) bond motifs is 1. The zero-order chi connectivity index (χ0) is 25.8. The Kier molecular flexibility index (Phi) is 7.41. The highest BCUT2D eigenvalue weighted by molar-refractivity contribution is 6.05. The molecular formula is C28H30FN6O2. The van der Waals surface area contributed by atoms with E-state index in [1.165, 1.54) is 30.6 Å². The SMILES string of the molecule is COc1cncc(-c2cc3c(c(Nc4ccc(C5CCN(CCCF)CC5)c(C)c4)n2)C(=O)[N]C=C3)n1. The highest BCUT2D eigenvalue weighted by Gasteiger charge is 2.24. The minimum absolute atomic E-state index is 0.253. The van der Waals surface area contributed by atoms with E-state index in [0.29, 0.717) is 46.6 Å². The number of aryl methyl sites for hydroxylation is 1. The van der Waals surface area contributed by atoms with E-state index in [-0.39, 0.29) is 12.6 Å². The summed E-state index contributed by atoms with van der Waals surface area (Å²) in [5, 5.41) is 7.30. The molecule has 2 aromatic heterocycles. The molecule has 1 amide bonds. The van der Waals surface area contributed by atoms with Crippen molar-refractivity contribution in [2.75, 3.05) is 38.7 Å². The molecule has 4 heterocycles. The van der Waals surface area contributed by atoms with Crippen molar-refractivity contribution < 1.29 is 13.9 Å². The predicted octanol–water partition coefficient (Wildman–Crippen LogP) is 4.87. The third-order valence-corrected chi connectivity index (χ3v) is 6.96. The van der Waals surface area contributed by atoms with Crippen LogP contribution in [0.25, 0.3) is 17.5 Å². The molecule has 1 fully saturated rings. The number of anilines is 2. The van der Waals surface area contributed by atoms with Crippen molar-refractivity contribution in [1.29, 1.82) is 0 Å². The number of halogens is 1. The van der Waals surface area contributed by atoms with E-state index in [1.54, 1.807) is 18.3 Å². The second-order valence-electron chi connectivity index (χ2n) is 9.37. The van der Waals surface area contributed by atoms with Crippen molar-refractivity contribution in [2.24, 2.45) is 0 Å². The maximum absolute atomic E-state index is 12.7. The Balaban J connectivity index is 1.41. The minimum Gasteiger partial charge on any atom is -0.480 e. The maximum atomic E-state index is 12.7. The number of ether oxygens (including phenoxy) is 1. The van der Waals surface area contributed by atoms with Crippen LogP contribution in [0.2, 0.25) is 0 Å². The van der Waals surface area contributed by atoms with Gasteiger partial charge in [0.1, 0.15) is 11.5 Å². The van der Waals surface area contributed by atoms with E-state index in [4.69, 9.17) is 9.72 Å². The number of rotatable bonds is 8. The maximum Gasteiger partial charge on any atom is 0.281 e. The van der Waals surface area contributed by atoms with E-state index in [2.05, 4.69) is 44.6 Å². The zero-order valence-electron chi connectivity index (χ0n) is 21.1. The van der Waals surface area contributed by atoms with E-state index in [1.807, 2.05) is 6.07 Å². The van der Waals surface area contributed by atoms with Crippen molar-refractivity contribution in [3.05, 3.63) is 65.1 Å². The number of benzene rings is 1. The number of methoxy groups -OCH3 is 1. The van der Waals surface area contributed by atoms with E-state index < -0.39 is 0 Å². The smallest absolute Gasteiger partial charge is 0.281 e. The molecule has 191 valence electrons. The topological polar surface area (TPSA) is 94.3 Å². The lowest BCUT2D eigenvalue weighted by atomic mass is 9.86. The van der Waals surface area contributed by atoms with E-state index in [0.717, 1.165) is 38.2 Å². The van der Waals surface area contributed by atoms with Crippen molar-refractivity contribution in [2.45, 2.75) is 32.1 Å². The lowest BCUT2D eigenvalue weighted by Crippen LogP contribution is -2.34. The Labute approximate surface area is 216 Å². The molecule has 3 aromatic rings. The summed E-state index contributed by atoms with van der Waals surface area (Å²) < 4.78 is 17.7. The van der Waals surface area contributed by atoms with E-state index >= 15 is 0 Å². The van der Waals surface area contributed by atoms with Crippen LogP contribution in [0.5, 0.6) is 5.88 Å². The molecule has 1 N–H and O–H groups in total. The lowest BCUT2D eigenvalue weighted by molar-refractivity contribution is 0.0965. The molecule has 0 aliphatic carbocycles. The molecule has 0 bridgehead atoms. The van der Waals surface area contributed by atoms with Crippen LogP contribution in [0.3, 0.4) is 0 Å². The highest BCUT2D eigenvalue weighted by Crippen LogP contribution is 2.34. The number of carbonyl (C=O) groups excluding carboxylic acids is 1. The Hall–Kier alpha value is -3.85. The summed E-state index contributed by atoms with van der Waals surface area (Å²) in [4.78, 5) is 28.4. The van der Waals surface area contributed by atoms with Crippen molar-refractivity contribution in [3.63, 3.8) is 0 Å². The standard InChI is InChI=1S/C28H30FN6O2/c1-18-14-21(4-5-22(18)19-7-12-35(13-8-19)11-3-9-29)32-27-26-20(6-10-31-28(26)36)15-23(34-27)24-16-30-17-25(33-24)37-2/h4-6,10,14-17,19H,3,7-9,11-13H2,1-2H3,(H,32,34). The number of hydrogen-bond acceptors (Lipinski definition) is 7. The monoisotopic (exact) mass is 501 g/mol. The molecule has 8 nitrogen and oxygen atoms in total. The van der Waals surface area contributed by atoms with Crippen LogP contribution in [0.4, 0.5) is 15.9 Å². The van der Waals surface area contributed by atoms with Crippen molar-refractivity contribution in [3.8, 4) is 17.3 Å². The number of pyridine rings is 1. The number of nitrogens with one attached hydrogen (secondary N) is 1. The molecule has 2 aliphatic heterocycles. The van der Waals surface area contributed by atoms with Gasteiger partial charge in [-0.3, -0.25) is 14.2 Å². The van der Waals surface area contributed by atoms with Gasteiger partial charge in [0.2, 0.25) is 5.88 Å². The van der Waals surface area contributed by atoms with Crippen LogP contribution >= 0.6 is 0 Å². The number of piperidine rings is 1. The van der Waals surface area contributed by atoms with Gasteiger partial charge >= 0.3 is 0 Å². The molecule has 0 saturated carbocycles. The molecule has 1 aromatic carbocycles. The fraction of sp³-hybridized carbons (Fsp3) is 0.357. The Morgan fingerprint density at radius 1 is 1.14 bits per heavy atom. The summed E-state index contributed by atoms with van der Waals surface area (Å²) in [6.45, 7) is 4.70. The van der Waals surface area contributed by atoms with Crippen LogP contribution in [0.15, 0.2) is 42.9 Å². The molecule has 0 spiro atoms. The van der Waals surface area contributed by atoms with E-state index in [9.17, 15) is 9.18 Å². The first-order chi connectivity index (χ1) is 18.1. The Morgan fingerprint density at radius 2 is 1.97 bits per heavy atom. The number of hydrogen-bond donors (Lipinski definition) is 1. The fourth-order valence-electron chi connectivity index (χ4n) is 5.06. The molecule has 0 unspecified atom stereocenters. The lowest BCUT2D eigenvalue weighted by Gasteiger charge is -2.32. The summed E-state index contributed by atoms with van der Waals surface area (Å²) in [7, 11) is 1.53. The summed E-state index contributed by atoms with van der Waals surface area (Å²) >= 11 is 0. The second kappa shape index (κ2) is 11.0. The average Bonchev–Trinajstić information content (AvgIpc) is 2.92. The van der Waals surface area contributed by atoms with Gasteiger partial charge in [-0.2, -0.15) is 0 Å². The van der Waals surface area contributed by atoms with Gasteiger partial charge in [0.15, 0.2) is 0 Å². The second-order valence-corrected chi connectivity index (χ2v) is 9.37. The minimum atomic E-state index is -0.344. The summed E-state index contributed by atoms with van der Waals surface area (Å²) in [5.74, 6) is 0.946. The first kappa shape index (κ1) is 24.8. The van der Waals surface area contributed by atoms with Crippen molar-refractivity contribution in [1.82, 2.24) is 25.2 Å². The summed E-state index contributed by atoms with van der Waals surface area (Å²) in [6, 6.07) is 8.10. The first-order valence-corrected chi connectivity index (χ1v) is 12.5. The van der Waals surface area contributed by atoms with Crippen LogP contribution in [-0.4, -0.2) is 59.2 Å². The quantitative estimate of drug-likeness (QED) is 0.471. The van der Waals surface area contributed by atoms with Crippen LogP contribution in [0, 0.1) is 6.92 Å². The number of carbonyl (C=O) groups is 1. The average molecular weight is 502 g/mol. The number of likely N-dealkylation sites (tertiary alicyclic amines) is 1. The first-order valence-electron chi connectivity index (χ1n) is 12.5. The molecule has 5 rings (SSSR count). The molecule has 37 heavy (non-hydrogen) atoms. The summed E-state index contributed by atoms with van der Waals surface area (Å²) in [6.07, 6.45) is 9.18. The third-order valence-electron chi connectivity index (χ3n) is 6.96. The Morgan fingerprint density at radius 3 is 2.73 bits per heavy atom. The summed E-state index contributed by atoms with van der Waals surface area (Å²) in [5.41, 5.74) is 5.60. The van der Waals surface area contributed by atoms with Gasteiger partial charge in [0.05, 0.1) is 37.4 Å². The van der Waals surface area contributed by atoms with Crippen LogP contribution < -0.4 is 15.4 Å². The van der Waals surface area contributed by atoms with Gasteiger partial charge in [0, 0.05) is 18.4 Å². The normalized spacial score (nSPS) is 15.8. The number of alkyl halides is 1. The Bertz CT molecular complexity index is 1320. The van der Waals surface area contributed by atoms with Gasteiger partial charge in [-0.25, -0.2) is 15.3 Å². The fourth-order valence-corrected chi connectivity index (χ4v) is 5.06. The van der Waals surface area contributed by atoms with Gasteiger partial charge in [-0.15, -0.1) is 0 Å². The number of amides is 1. The molecule has 1 saturated heterocycles. The largest absolute Gasteiger partial charge is 0.480 e. The number of aromatic nitrogens is 3. The van der Waals surface area contributed by atoms with Gasteiger partial charge in [0.25, 0.3) is 5.91 Å². The predicted molar refractivity (Wildman–Crippen MR) is 141 cm³/mol. The van der Waals surface area contributed by atoms with Gasteiger partial charge < -0.3 is 15.0 Å². The molecule has 0 atom stereocenters. The van der Waals surface area contributed by atoms with Gasteiger partial charge in [-0.1, -0.05) is 6.07 Å².